The Morgan fingerprint density at radius 3 is 2.23 bits per heavy atom. The predicted octanol–water partition coefficient (Wildman–Crippen LogP) is 4.10. The summed E-state index contributed by atoms with van der Waals surface area (Å²) in [7, 11) is 0. The molecule has 2 amide bonds. The molecule has 5 nitrogen and oxygen atoms in total. The number of ether oxygens (including phenoxy) is 1. The number of benzene rings is 3. The third-order valence-electron chi connectivity index (χ3n) is 4.90. The van der Waals surface area contributed by atoms with Gasteiger partial charge in [-0.1, -0.05) is 54.6 Å². The molecule has 3 aromatic rings. The maximum absolute atomic E-state index is 12.9. The van der Waals surface area contributed by atoms with Gasteiger partial charge in [0.15, 0.2) is 0 Å². The van der Waals surface area contributed by atoms with Gasteiger partial charge < -0.3 is 15.4 Å². The van der Waals surface area contributed by atoms with Gasteiger partial charge in [-0.25, -0.2) is 0 Å². The number of hydrogen-bond donors (Lipinski definition) is 2. The van der Waals surface area contributed by atoms with Crippen molar-refractivity contribution in [2.45, 2.75) is 31.3 Å². The zero-order chi connectivity index (χ0) is 20.8. The van der Waals surface area contributed by atoms with Crippen LogP contribution in [0.3, 0.4) is 0 Å². The van der Waals surface area contributed by atoms with Gasteiger partial charge in [-0.3, -0.25) is 9.59 Å². The molecule has 0 aliphatic heterocycles. The Hall–Kier alpha value is -3.60. The topological polar surface area (TPSA) is 67.4 Å². The van der Waals surface area contributed by atoms with E-state index in [1.165, 1.54) is 0 Å². The summed E-state index contributed by atoms with van der Waals surface area (Å²) in [4.78, 5) is 25.6. The lowest BCUT2D eigenvalue weighted by Crippen LogP contribution is -2.48. The smallest absolute Gasteiger partial charge is 0.252 e. The van der Waals surface area contributed by atoms with Gasteiger partial charge in [0.2, 0.25) is 5.91 Å². The van der Waals surface area contributed by atoms with Crippen molar-refractivity contribution < 1.29 is 14.3 Å². The number of hydrogen-bond acceptors (Lipinski definition) is 3. The molecule has 1 aliphatic rings. The summed E-state index contributed by atoms with van der Waals surface area (Å²) in [5, 5.41) is 5.90. The maximum atomic E-state index is 12.9. The molecule has 2 N–H and O–H groups in total. The van der Waals surface area contributed by atoms with Crippen molar-refractivity contribution >= 4 is 11.8 Å². The molecule has 30 heavy (non-hydrogen) atoms. The van der Waals surface area contributed by atoms with Crippen LogP contribution >= 0.6 is 0 Å². The summed E-state index contributed by atoms with van der Waals surface area (Å²) in [5.41, 5.74) is 1.44. The highest BCUT2D eigenvalue weighted by molar-refractivity contribution is 5.98. The molecule has 0 bridgehead atoms. The molecule has 152 valence electrons. The van der Waals surface area contributed by atoms with Crippen LogP contribution in [0, 0.1) is 0 Å². The summed E-state index contributed by atoms with van der Waals surface area (Å²) in [5.74, 6) is 0.809. The first-order valence-corrected chi connectivity index (χ1v) is 10.2. The Kier molecular flexibility index (Phi) is 6.09. The van der Waals surface area contributed by atoms with E-state index in [4.69, 9.17) is 4.74 Å². The molecule has 0 saturated heterocycles. The molecular formula is C25H24N2O3. The van der Waals surface area contributed by atoms with E-state index < -0.39 is 6.04 Å². The molecule has 0 heterocycles. The maximum Gasteiger partial charge on any atom is 0.252 e. The van der Waals surface area contributed by atoms with Crippen LogP contribution in [0.15, 0.2) is 84.9 Å². The molecule has 0 radical (unpaired) electrons. The zero-order valence-electron chi connectivity index (χ0n) is 16.6. The first kappa shape index (κ1) is 19.7. The minimum Gasteiger partial charge on any atom is -0.457 e. The molecule has 4 rings (SSSR count). The van der Waals surface area contributed by atoms with Crippen molar-refractivity contribution in [2.75, 3.05) is 0 Å². The third kappa shape index (κ3) is 5.47. The number of carbonyl (C=O) groups excluding carboxylic acids is 2. The normalized spacial score (nSPS) is 13.9. The van der Waals surface area contributed by atoms with Crippen molar-refractivity contribution in [1.29, 1.82) is 0 Å². The fourth-order valence-electron chi connectivity index (χ4n) is 3.16. The quantitative estimate of drug-likeness (QED) is 0.598. The Morgan fingerprint density at radius 1 is 0.867 bits per heavy atom. The van der Waals surface area contributed by atoms with Crippen LogP contribution in [-0.2, 0) is 11.2 Å². The molecule has 0 aromatic heterocycles. The van der Waals surface area contributed by atoms with E-state index in [1.807, 2.05) is 60.7 Å². The second kappa shape index (κ2) is 9.27. The highest BCUT2D eigenvalue weighted by atomic mass is 16.5. The minimum absolute atomic E-state index is 0.147. The number of nitrogens with one attached hydrogen (secondary N) is 2. The highest BCUT2D eigenvalue weighted by Crippen LogP contribution is 2.22. The van der Waals surface area contributed by atoms with Gasteiger partial charge in [-0.05, 0) is 48.7 Å². The van der Waals surface area contributed by atoms with E-state index in [9.17, 15) is 9.59 Å². The second-order valence-electron chi connectivity index (χ2n) is 7.44. The molecule has 5 heteroatoms. The lowest BCUT2D eigenvalue weighted by molar-refractivity contribution is -0.123. The number of para-hydroxylation sites is 1. The first-order chi connectivity index (χ1) is 14.7. The van der Waals surface area contributed by atoms with Crippen LogP contribution in [0.1, 0.15) is 28.8 Å². The molecule has 1 unspecified atom stereocenters. The minimum atomic E-state index is -0.640. The number of amides is 2. The molecule has 1 aliphatic carbocycles. The van der Waals surface area contributed by atoms with Gasteiger partial charge in [-0.15, -0.1) is 0 Å². The van der Waals surface area contributed by atoms with Crippen LogP contribution in [0.5, 0.6) is 11.5 Å². The zero-order valence-corrected chi connectivity index (χ0v) is 16.6. The lowest BCUT2D eigenvalue weighted by Gasteiger charge is -2.19. The van der Waals surface area contributed by atoms with Crippen LogP contribution in [0.2, 0.25) is 0 Å². The van der Waals surface area contributed by atoms with Gasteiger partial charge in [0.25, 0.3) is 5.91 Å². The van der Waals surface area contributed by atoms with Crippen molar-refractivity contribution in [3.63, 3.8) is 0 Å². The molecule has 0 spiro atoms. The molecule has 1 atom stereocenters. The lowest BCUT2D eigenvalue weighted by atomic mass is 10.0. The molecule has 3 aromatic carbocycles. The van der Waals surface area contributed by atoms with Gasteiger partial charge in [-0.2, -0.15) is 0 Å². The van der Waals surface area contributed by atoms with Gasteiger partial charge in [0.1, 0.15) is 17.5 Å². The predicted molar refractivity (Wildman–Crippen MR) is 116 cm³/mol. The first-order valence-electron chi connectivity index (χ1n) is 10.2. The number of rotatable bonds is 8. The molecule has 1 fully saturated rings. The van der Waals surface area contributed by atoms with Crippen LogP contribution in [-0.4, -0.2) is 23.9 Å². The van der Waals surface area contributed by atoms with Gasteiger partial charge in [0, 0.05) is 18.0 Å². The van der Waals surface area contributed by atoms with Gasteiger partial charge in [0.05, 0.1) is 0 Å². The summed E-state index contributed by atoms with van der Waals surface area (Å²) in [6, 6.07) is 25.6. The van der Waals surface area contributed by atoms with Crippen LogP contribution < -0.4 is 15.4 Å². The van der Waals surface area contributed by atoms with Gasteiger partial charge >= 0.3 is 0 Å². The molecule has 1 saturated carbocycles. The number of carbonyl (C=O) groups is 2. The molecular weight excluding hydrogens is 376 g/mol. The van der Waals surface area contributed by atoms with E-state index in [1.54, 1.807) is 24.3 Å². The fraction of sp³-hybridized carbons (Fsp3) is 0.200. The monoisotopic (exact) mass is 400 g/mol. The Balaban J connectivity index is 1.47. The van der Waals surface area contributed by atoms with Crippen molar-refractivity contribution in [2.24, 2.45) is 0 Å². The van der Waals surface area contributed by atoms with E-state index in [2.05, 4.69) is 10.6 Å². The van der Waals surface area contributed by atoms with Crippen molar-refractivity contribution in [3.05, 3.63) is 96.1 Å². The highest BCUT2D eigenvalue weighted by Gasteiger charge is 2.28. The van der Waals surface area contributed by atoms with Crippen LogP contribution in [0.25, 0.3) is 0 Å². The average Bonchev–Trinajstić information content (AvgIpc) is 3.59. The standard InChI is InChI=1S/C25H24N2O3/c28-24(19-10-7-13-22(17-19)30-21-11-5-2-6-12-21)27-23(25(29)26-20-14-15-20)16-18-8-3-1-4-9-18/h1-13,17,20,23H,14-16H2,(H,26,29)(H,27,28). The summed E-state index contributed by atoms with van der Waals surface area (Å²) in [6.07, 6.45) is 2.43. The summed E-state index contributed by atoms with van der Waals surface area (Å²) in [6.45, 7) is 0. The largest absolute Gasteiger partial charge is 0.457 e. The van der Waals surface area contributed by atoms with E-state index in [0.717, 1.165) is 18.4 Å². The van der Waals surface area contributed by atoms with E-state index in [0.29, 0.717) is 23.5 Å². The average molecular weight is 400 g/mol. The van der Waals surface area contributed by atoms with Crippen LogP contribution in [0.4, 0.5) is 0 Å². The van der Waals surface area contributed by atoms with E-state index in [-0.39, 0.29) is 17.9 Å². The summed E-state index contributed by atoms with van der Waals surface area (Å²) >= 11 is 0. The van der Waals surface area contributed by atoms with E-state index >= 15 is 0 Å². The SMILES string of the molecule is O=C(NC(Cc1ccccc1)C(=O)NC1CC1)c1cccc(Oc2ccccc2)c1. The fourth-order valence-corrected chi connectivity index (χ4v) is 3.16. The second-order valence-corrected chi connectivity index (χ2v) is 7.44. The third-order valence-corrected chi connectivity index (χ3v) is 4.90. The summed E-state index contributed by atoms with van der Waals surface area (Å²) < 4.78 is 5.82. The van der Waals surface area contributed by atoms with Crippen molar-refractivity contribution in [1.82, 2.24) is 10.6 Å². The Labute approximate surface area is 176 Å². The Bertz CT molecular complexity index is 1000. The van der Waals surface area contributed by atoms with Crippen molar-refractivity contribution in [3.8, 4) is 11.5 Å². The Morgan fingerprint density at radius 2 is 1.53 bits per heavy atom.